The lowest BCUT2D eigenvalue weighted by molar-refractivity contribution is -0.0718. The van der Waals surface area contributed by atoms with Crippen LogP contribution in [0.1, 0.15) is 34.5 Å². The van der Waals surface area contributed by atoms with Gasteiger partial charge >= 0.3 is 5.97 Å². The number of carbonyl (C=O) groups is 1. The Hall–Kier alpha value is -1.43. The van der Waals surface area contributed by atoms with E-state index in [0.29, 0.717) is 11.6 Å². The van der Waals surface area contributed by atoms with Crippen molar-refractivity contribution in [3.05, 3.63) is 34.9 Å². The number of hydrogen-bond donors (Lipinski definition) is 1. The van der Waals surface area contributed by atoms with Gasteiger partial charge in [0.1, 0.15) is 6.10 Å². The summed E-state index contributed by atoms with van der Waals surface area (Å²) in [4.78, 5) is 14.4. The standard InChI is InChI=1S/C17H22N2O3/c1-11-6-13-7-12(2-3-15(13)17(20)22-11)16-9-19-5-4-18-8-14(19)10-21-16/h2-3,7,11,14,16,18H,4-6,8-10H2,1H3/t11-,14-,16+/m0/s1. The van der Waals surface area contributed by atoms with Gasteiger partial charge in [-0.15, -0.1) is 0 Å². The largest absolute Gasteiger partial charge is 0.459 e. The molecule has 0 aliphatic carbocycles. The molecule has 0 bridgehead atoms. The number of nitrogens with one attached hydrogen (secondary N) is 1. The first-order chi connectivity index (χ1) is 10.7. The van der Waals surface area contributed by atoms with Crippen LogP contribution in [0, 0.1) is 0 Å². The number of morpholine rings is 1. The van der Waals surface area contributed by atoms with Crippen molar-refractivity contribution in [2.75, 3.05) is 32.8 Å². The quantitative estimate of drug-likeness (QED) is 0.788. The van der Waals surface area contributed by atoms with Crippen molar-refractivity contribution in [1.29, 1.82) is 0 Å². The molecule has 3 aliphatic rings. The smallest absolute Gasteiger partial charge is 0.338 e. The topological polar surface area (TPSA) is 50.8 Å². The molecule has 1 aromatic carbocycles. The zero-order valence-corrected chi connectivity index (χ0v) is 12.9. The molecule has 3 aliphatic heterocycles. The molecule has 1 N–H and O–H groups in total. The Morgan fingerprint density at radius 3 is 3.18 bits per heavy atom. The van der Waals surface area contributed by atoms with Crippen LogP contribution in [-0.2, 0) is 15.9 Å². The number of rotatable bonds is 1. The van der Waals surface area contributed by atoms with Crippen molar-refractivity contribution in [3.63, 3.8) is 0 Å². The maximum absolute atomic E-state index is 11.9. The van der Waals surface area contributed by atoms with Gasteiger partial charge in [0, 0.05) is 38.6 Å². The maximum Gasteiger partial charge on any atom is 0.338 e. The fourth-order valence-electron chi connectivity index (χ4n) is 3.68. The lowest BCUT2D eigenvalue weighted by atomic mass is 9.94. The fraction of sp³-hybridized carbons (Fsp3) is 0.588. The number of piperazine rings is 1. The highest BCUT2D eigenvalue weighted by Gasteiger charge is 2.32. The summed E-state index contributed by atoms with van der Waals surface area (Å²) < 4.78 is 11.4. The molecule has 0 amide bonds. The Balaban J connectivity index is 1.56. The Morgan fingerprint density at radius 2 is 2.27 bits per heavy atom. The second-order valence-corrected chi connectivity index (χ2v) is 6.51. The fourth-order valence-corrected chi connectivity index (χ4v) is 3.68. The SMILES string of the molecule is C[C@H]1Cc2cc([C@H]3CN4CCNC[C@H]4CO3)ccc2C(=O)O1. The molecule has 2 saturated heterocycles. The second-order valence-electron chi connectivity index (χ2n) is 6.51. The minimum Gasteiger partial charge on any atom is -0.459 e. The number of hydrogen-bond acceptors (Lipinski definition) is 5. The summed E-state index contributed by atoms with van der Waals surface area (Å²) in [5, 5.41) is 3.42. The van der Waals surface area contributed by atoms with Crippen LogP contribution in [0.4, 0.5) is 0 Å². The molecule has 4 rings (SSSR count). The maximum atomic E-state index is 11.9. The Morgan fingerprint density at radius 1 is 1.36 bits per heavy atom. The van der Waals surface area contributed by atoms with E-state index in [1.807, 2.05) is 19.1 Å². The molecule has 0 spiro atoms. The number of ether oxygens (including phenoxy) is 2. The van der Waals surface area contributed by atoms with Gasteiger partial charge in [-0.2, -0.15) is 0 Å². The van der Waals surface area contributed by atoms with E-state index < -0.39 is 0 Å². The number of cyclic esters (lactones) is 1. The average molecular weight is 302 g/mol. The molecule has 3 atom stereocenters. The third kappa shape index (κ3) is 2.53. The van der Waals surface area contributed by atoms with Crippen LogP contribution in [0.5, 0.6) is 0 Å². The summed E-state index contributed by atoms with van der Waals surface area (Å²) in [5.74, 6) is -0.202. The number of esters is 1. The lowest BCUT2D eigenvalue weighted by Crippen LogP contribution is -2.57. The van der Waals surface area contributed by atoms with E-state index in [1.165, 1.54) is 5.56 Å². The summed E-state index contributed by atoms with van der Waals surface area (Å²) in [6.07, 6.45) is 0.853. The van der Waals surface area contributed by atoms with Crippen LogP contribution in [-0.4, -0.2) is 55.8 Å². The number of carbonyl (C=O) groups excluding carboxylic acids is 1. The highest BCUT2D eigenvalue weighted by Crippen LogP contribution is 2.29. The van der Waals surface area contributed by atoms with E-state index >= 15 is 0 Å². The van der Waals surface area contributed by atoms with Crippen molar-refractivity contribution in [2.24, 2.45) is 0 Å². The van der Waals surface area contributed by atoms with Crippen molar-refractivity contribution >= 4 is 5.97 Å². The molecule has 22 heavy (non-hydrogen) atoms. The van der Waals surface area contributed by atoms with Crippen molar-refractivity contribution in [2.45, 2.75) is 31.6 Å². The van der Waals surface area contributed by atoms with Gasteiger partial charge in [-0.1, -0.05) is 12.1 Å². The first-order valence-corrected chi connectivity index (χ1v) is 8.11. The van der Waals surface area contributed by atoms with Gasteiger partial charge < -0.3 is 14.8 Å². The van der Waals surface area contributed by atoms with E-state index in [9.17, 15) is 4.79 Å². The Kier molecular flexibility index (Phi) is 3.64. The van der Waals surface area contributed by atoms with Crippen LogP contribution in [0.2, 0.25) is 0 Å². The molecule has 3 heterocycles. The Bertz CT molecular complexity index is 589. The Labute approximate surface area is 130 Å². The molecule has 2 fully saturated rings. The summed E-state index contributed by atoms with van der Waals surface area (Å²) in [7, 11) is 0. The van der Waals surface area contributed by atoms with Gasteiger partial charge in [0.05, 0.1) is 18.3 Å². The summed E-state index contributed by atoms with van der Waals surface area (Å²) >= 11 is 0. The van der Waals surface area contributed by atoms with E-state index in [2.05, 4.69) is 16.3 Å². The third-order valence-electron chi connectivity index (χ3n) is 4.90. The lowest BCUT2D eigenvalue weighted by Gasteiger charge is -2.42. The van der Waals surface area contributed by atoms with E-state index in [-0.39, 0.29) is 18.2 Å². The highest BCUT2D eigenvalue weighted by atomic mass is 16.5. The molecule has 1 aromatic rings. The minimum atomic E-state index is -0.202. The molecule has 0 aromatic heterocycles. The normalized spacial score (nSPS) is 32.0. The van der Waals surface area contributed by atoms with Gasteiger partial charge in [-0.25, -0.2) is 4.79 Å². The van der Waals surface area contributed by atoms with Crippen molar-refractivity contribution < 1.29 is 14.3 Å². The zero-order valence-electron chi connectivity index (χ0n) is 12.9. The average Bonchev–Trinajstić information content (AvgIpc) is 2.53. The van der Waals surface area contributed by atoms with Gasteiger partial charge in [-0.3, -0.25) is 4.90 Å². The van der Waals surface area contributed by atoms with Crippen molar-refractivity contribution in [3.8, 4) is 0 Å². The van der Waals surface area contributed by atoms with Gasteiger partial charge in [0.2, 0.25) is 0 Å². The first-order valence-electron chi connectivity index (χ1n) is 8.11. The minimum absolute atomic E-state index is 0.0416. The van der Waals surface area contributed by atoms with Crippen LogP contribution in [0.15, 0.2) is 18.2 Å². The van der Waals surface area contributed by atoms with Gasteiger partial charge in [0.25, 0.3) is 0 Å². The number of nitrogens with zero attached hydrogens (tertiary/aromatic N) is 1. The predicted molar refractivity (Wildman–Crippen MR) is 81.9 cm³/mol. The summed E-state index contributed by atoms with van der Waals surface area (Å²) in [5.41, 5.74) is 2.97. The molecular weight excluding hydrogens is 280 g/mol. The van der Waals surface area contributed by atoms with Crippen LogP contribution >= 0.6 is 0 Å². The highest BCUT2D eigenvalue weighted by molar-refractivity contribution is 5.92. The zero-order chi connectivity index (χ0) is 15.1. The van der Waals surface area contributed by atoms with Crippen LogP contribution < -0.4 is 5.32 Å². The monoisotopic (exact) mass is 302 g/mol. The molecule has 0 saturated carbocycles. The second kappa shape index (κ2) is 5.65. The van der Waals surface area contributed by atoms with Crippen LogP contribution in [0.3, 0.4) is 0 Å². The molecule has 0 unspecified atom stereocenters. The molecular formula is C17H22N2O3. The third-order valence-corrected chi connectivity index (χ3v) is 4.90. The first kappa shape index (κ1) is 14.2. The molecule has 0 radical (unpaired) electrons. The number of fused-ring (bicyclic) bond motifs is 2. The summed E-state index contributed by atoms with van der Waals surface area (Å²) in [6.45, 7) is 6.80. The van der Waals surface area contributed by atoms with E-state index in [1.54, 1.807) is 0 Å². The molecule has 5 nitrogen and oxygen atoms in total. The van der Waals surface area contributed by atoms with E-state index in [4.69, 9.17) is 9.47 Å². The van der Waals surface area contributed by atoms with Gasteiger partial charge in [-0.05, 0) is 24.1 Å². The molecule has 5 heteroatoms. The van der Waals surface area contributed by atoms with Gasteiger partial charge in [0.15, 0.2) is 0 Å². The van der Waals surface area contributed by atoms with Crippen molar-refractivity contribution in [1.82, 2.24) is 10.2 Å². The van der Waals surface area contributed by atoms with E-state index in [0.717, 1.165) is 44.8 Å². The number of benzene rings is 1. The predicted octanol–water partition coefficient (Wildman–Crippen LogP) is 1.13. The summed E-state index contributed by atoms with van der Waals surface area (Å²) in [6, 6.07) is 6.55. The van der Waals surface area contributed by atoms with Crippen LogP contribution in [0.25, 0.3) is 0 Å². The molecule has 118 valence electrons.